The molecule has 31 heavy (non-hydrogen) atoms. The van der Waals surface area contributed by atoms with Crippen molar-refractivity contribution in [1.29, 1.82) is 0 Å². The summed E-state index contributed by atoms with van der Waals surface area (Å²) in [7, 11) is 0. The molecule has 7 nitrogen and oxygen atoms in total. The standard InChI is InChI=1S/C24H35N3O4/c28-24(25-17-8-3-1-4-9-17)26-20-15-29-23-21(16-30-22(20)23)31-19-11-7-10-18(14-19)27-12-5-2-6-13-27/h7,10-11,14,17,20-23H,1-6,8-9,12-13,15-16H2,(H2,25,26,28)/t20-,21-,22+,23+/m0/s1. The van der Waals surface area contributed by atoms with E-state index in [1.54, 1.807) is 0 Å². The summed E-state index contributed by atoms with van der Waals surface area (Å²) in [5.41, 5.74) is 1.22. The van der Waals surface area contributed by atoms with E-state index in [1.807, 2.05) is 6.07 Å². The van der Waals surface area contributed by atoms with Crippen molar-refractivity contribution in [2.45, 2.75) is 81.8 Å². The summed E-state index contributed by atoms with van der Waals surface area (Å²) >= 11 is 0. The summed E-state index contributed by atoms with van der Waals surface area (Å²) in [4.78, 5) is 14.9. The Labute approximate surface area is 184 Å². The molecule has 3 saturated heterocycles. The van der Waals surface area contributed by atoms with E-state index >= 15 is 0 Å². The van der Waals surface area contributed by atoms with E-state index in [0.29, 0.717) is 19.3 Å². The number of fused-ring (bicyclic) bond motifs is 1. The fraction of sp³-hybridized carbons (Fsp3) is 0.708. The van der Waals surface area contributed by atoms with Gasteiger partial charge in [-0.15, -0.1) is 0 Å². The van der Waals surface area contributed by atoms with E-state index in [2.05, 4.69) is 33.7 Å². The lowest BCUT2D eigenvalue weighted by Gasteiger charge is -2.29. The lowest BCUT2D eigenvalue weighted by atomic mass is 9.96. The van der Waals surface area contributed by atoms with Crippen LogP contribution in [0.3, 0.4) is 0 Å². The molecule has 3 aliphatic heterocycles. The van der Waals surface area contributed by atoms with E-state index < -0.39 is 0 Å². The first kappa shape index (κ1) is 20.9. The van der Waals surface area contributed by atoms with E-state index in [1.165, 1.54) is 44.2 Å². The number of hydrogen-bond acceptors (Lipinski definition) is 5. The van der Waals surface area contributed by atoms with E-state index in [-0.39, 0.29) is 30.4 Å². The maximum Gasteiger partial charge on any atom is 0.315 e. The fourth-order valence-electron chi connectivity index (χ4n) is 5.41. The normalized spacial score (nSPS) is 31.3. The zero-order chi connectivity index (χ0) is 21.0. The number of ether oxygens (including phenoxy) is 3. The molecule has 1 aliphatic carbocycles. The molecule has 5 rings (SSSR count). The third-order valence-electron chi connectivity index (χ3n) is 7.09. The maximum atomic E-state index is 12.4. The predicted octanol–water partition coefficient (Wildman–Crippen LogP) is 3.22. The van der Waals surface area contributed by atoms with Gasteiger partial charge in [-0.05, 0) is 44.2 Å². The van der Waals surface area contributed by atoms with Crippen LogP contribution in [0.2, 0.25) is 0 Å². The molecular weight excluding hydrogens is 394 g/mol. The molecule has 170 valence electrons. The monoisotopic (exact) mass is 429 g/mol. The van der Waals surface area contributed by atoms with Crippen molar-refractivity contribution in [1.82, 2.24) is 10.6 Å². The number of carbonyl (C=O) groups excluding carboxylic acids is 1. The molecule has 2 amide bonds. The molecule has 7 heteroatoms. The van der Waals surface area contributed by atoms with Crippen LogP contribution in [0.5, 0.6) is 5.75 Å². The Morgan fingerprint density at radius 1 is 0.935 bits per heavy atom. The average Bonchev–Trinajstić information content (AvgIpc) is 3.39. The fourth-order valence-corrected chi connectivity index (χ4v) is 5.41. The second-order valence-corrected chi connectivity index (χ2v) is 9.36. The summed E-state index contributed by atoms with van der Waals surface area (Å²) in [5, 5.41) is 6.19. The summed E-state index contributed by atoms with van der Waals surface area (Å²) in [6.45, 7) is 3.16. The lowest BCUT2D eigenvalue weighted by Crippen LogP contribution is -2.51. The molecule has 4 atom stereocenters. The van der Waals surface area contributed by atoms with Crippen LogP contribution in [0.4, 0.5) is 10.5 Å². The van der Waals surface area contributed by atoms with Crippen LogP contribution < -0.4 is 20.3 Å². The van der Waals surface area contributed by atoms with Crippen LogP contribution in [0.25, 0.3) is 0 Å². The molecule has 1 saturated carbocycles. The summed E-state index contributed by atoms with van der Waals surface area (Å²) < 4.78 is 18.3. The van der Waals surface area contributed by atoms with Crippen molar-refractivity contribution in [2.24, 2.45) is 0 Å². The highest BCUT2D eigenvalue weighted by atomic mass is 16.6. The van der Waals surface area contributed by atoms with E-state index in [9.17, 15) is 4.79 Å². The summed E-state index contributed by atoms with van der Waals surface area (Å²) in [5.74, 6) is 0.854. The van der Waals surface area contributed by atoms with Gasteiger partial charge in [-0.2, -0.15) is 0 Å². The van der Waals surface area contributed by atoms with Crippen molar-refractivity contribution in [2.75, 3.05) is 31.2 Å². The van der Waals surface area contributed by atoms with Gasteiger partial charge in [0.15, 0.2) is 6.10 Å². The van der Waals surface area contributed by atoms with Gasteiger partial charge in [0, 0.05) is 30.9 Å². The number of anilines is 1. The third-order valence-corrected chi connectivity index (χ3v) is 7.09. The van der Waals surface area contributed by atoms with Gasteiger partial charge in [-0.3, -0.25) is 0 Å². The minimum absolute atomic E-state index is 0.108. The van der Waals surface area contributed by atoms with E-state index in [4.69, 9.17) is 14.2 Å². The van der Waals surface area contributed by atoms with Crippen LogP contribution in [-0.4, -0.2) is 62.7 Å². The Kier molecular flexibility index (Phi) is 6.50. The smallest absolute Gasteiger partial charge is 0.315 e. The van der Waals surface area contributed by atoms with Gasteiger partial charge in [-0.25, -0.2) is 4.79 Å². The SMILES string of the molecule is O=C(NC1CCCCC1)N[C@H]1CO[C@H]2[C@@H]1OC[C@@H]2Oc1cccc(N2CCCCC2)c1. The van der Waals surface area contributed by atoms with Gasteiger partial charge in [0.25, 0.3) is 0 Å². The quantitative estimate of drug-likeness (QED) is 0.752. The molecule has 3 heterocycles. The minimum Gasteiger partial charge on any atom is -0.485 e. The number of benzene rings is 1. The van der Waals surface area contributed by atoms with Gasteiger partial charge < -0.3 is 29.7 Å². The maximum absolute atomic E-state index is 12.4. The molecule has 0 unspecified atom stereocenters. The van der Waals surface area contributed by atoms with Crippen LogP contribution in [0.1, 0.15) is 51.4 Å². The largest absolute Gasteiger partial charge is 0.485 e. The van der Waals surface area contributed by atoms with Gasteiger partial charge in [0.1, 0.15) is 18.0 Å². The topological polar surface area (TPSA) is 72.1 Å². The Bertz CT molecular complexity index is 748. The Morgan fingerprint density at radius 2 is 1.71 bits per heavy atom. The second kappa shape index (κ2) is 9.65. The van der Waals surface area contributed by atoms with Gasteiger partial charge in [0.2, 0.25) is 0 Å². The van der Waals surface area contributed by atoms with Gasteiger partial charge in [-0.1, -0.05) is 25.3 Å². The Balaban J connectivity index is 1.14. The summed E-state index contributed by atoms with van der Waals surface area (Å²) in [6, 6.07) is 8.39. The highest BCUT2D eigenvalue weighted by Crippen LogP contribution is 2.31. The zero-order valence-electron chi connectivity index (χ0n) is 18.3. The average molecular weight is 430 g/mol. The van der Waals surface area contributed by atoms with Crippen molar-refractivity contribution >= 4 is 11.7 Å². The molecule has 4 aliphatic rings. The molecule has 0 radical (unpaired) electrons. The number of nitrogens with one attached hydrogen (secondary N) is 2. The van der Waals surface area contributed by atoms with Gasteiger partial charge in [0.05, 0.1) is 19.3 Å². The number of urea groups is 1. The number of amides is 2. The highest BCUT2D eigenvalue weighted by molar-refractivity contribution is 5.74. The van der Waals surface area contributed by atoms with Crippen LogP contribution in [0, 0.1) is 0 Å². The number of piperidine rings is 1. The molecule has 0 bridgehead atoms. The number of carbonyl (C=O) groups is 1. The molecule has 1 aromatic rings. The minimum atomic E-state index is -0.160. The lowest BCUT2D eigenvalue weighted by molar-refractivity contribution is 0.0304. The molecule has 4 fully saturated rings. The molecule has 0 aromatic heterocycles. The first-order chi connectivity index (χ1) is 15.3. The van der Waals surface area contributed by atoms with Crippen LogP contribution in [0.15, 0.2) is 24.3 Å². The zero-order valence-corrected chi connectivity index (χ0v) is 18.3. The molecule has 1 aromatic carbocycles. The second-order valence-electron chi connectivity index (χ2n) is 9.36. The number of hydrogen-bond donors (Lipinski definition) is 2. The van der Waals surface area contributed by atoms with Crippen LogP contribution >= 0.6 is 0 Å². The molecule has 0 spiro atoms. The number of rotatable bonds is 5. The number of nitrogens with zero attached hydrogens (tertiary/aromatic N) is 1. The first-order valence-electron chi connectivity index (χ1n) is 12.1. The third kappa shape index (κ3) is 4.93. The Hall–Kier alpha value is -1.99. The predicted molar refractivity (Wildman–Crippen MR) is 119 cm³/mol. The highest BCUT2D eigenvalue weighted by Gasteiger charge is 2.49. The molecule has 2 N–H and O–H groups in total. The van der Waals surface area contributed by atoms with Crippen molar-refractivity contribution < 1.29 is 19.0 Å². The van der Waals surface area contributed by atoms with Crippen LogP contribution in [-0.2, 0) is 9.47 Å². The Morgan fingerprint density at radius 3 is 2.55 bits per heavy atom. The van der Waals surface area contributed by atoms with E-state index in [0.717, 1.165) is 31.7 Å². The molecular formula is C24H35N3O4. The van der Waals surface area contributed by atoms with Crippen molar-refractivity contribution in [3.05, 3.63) is 24.3 Å². The first-order valence-corrected chi connectivity index (χ1v) is 12.1. The van der Waals surface area contributed by atoms with Gasteiger partial charge >= 0.3 is 6.03 Å². The van der Waals surface area contributed by atoms with Crippen molar-refractivity contribution in [3.8, 4) is 5.75 Å². The summed E-state index contributed by atoms with van der Waals surface area (Å²) in [6.07, 6.45) is 9.17. The van der Waals surface area contributed by atoms with Crippen molar-refractivity contribution in [3.63, 3.8) is 0 Å².